The number of halogens is 5. The Balaban J connectivity index is 5.81. The number of hydrogen-bond acceptors (Lipinski definition) is 7. The van der Waals surface area contributed by atoms with Gasteiger partial charge in [0.2, 0.25) is 0 Å². The molecule has 0 saturated carbocycles. The third-order valence-electron chi connectivity index (χ3n) is 3.14. The molecule has 0 aliphatic heterocycles. The van der Waals surface area contributed by atoms with E-state index in [1.54, 1.807) is 12.2 Å². The molecule has 0 bridgehead atoms. The highest BCUT2D eigenvalue weighted by Crippen LogP contribution is 2.37. The van der Waals surface area contributed by atoms with E-state index >= 15 is 0 Å². The van der Waals surface area contributed by atoms with Crippen molar-refractivity contribution in [3.05, 3.63) is 12.2 Å². The summed E-state index contributed by atoms with van der Waals surface area (Å²) in [6.45, 7) is 3.62. The van der Waals surface area contributed by atoms with Crippen LogP contribution in [0.5, 0.6) is 0 Å². The van der Waals surface area contributed by atoms with Gasteiger partial charge in [0.05, 0.1) is 6.61 Å². The Kier molecular flexibility index (Phi) is 8.99. The molecular formula is C14H19F5NO7S-. The van der Waals surface area contributed by atoms with E-state index in [-0.39, 0.29) is 13.0 Å². The zero-order valence-electron chi connectivity index (χ0n) is 14.9. The lowest BCUT2D eigenvalue weighted by atomic mass is 10.2. The second-order valence-corrected chi connectivity index (χ2v) is 7.09. The van der Waals surface area contributed by atoms with Crippen molar-refractivity contribution in [3.8, 4) is 0 Å². The topological polar surface area (TPSA) is 122 Å². The molecule has 0 saturated heterocycles. The van der Waals surface area contributed by atoms with Crippen LogP contribution in [-0.4, -0.2) is 55.2 Å². The summed E-state index contributed by atoms with van der Waals surface area (Å²) in [5, 5.41) is -3.18. The van der Waals surface area contributed by atoms with E-state index in [0.717, 1.165) is 6.92 Å². The quantitative estimate of drug-likeness (QED) is 0.130. The number of nitrogens with one attached hydrogen (secondary N) is 1. The van der Waals surface area contributed by atoms with Crippen LogP contribution in [0.1, 0.15) is 33.1 Å². The number of carbonyl (C=O) groups excluding carboxylic acids is 2. The molecule has 0 aromatic heterocycles. The van der Waals surface area contributed by atoms with E-state index in [1.807, 2.05) is 0 Å². The van der Waals surface area contributed by atoms with Gasteiger partial charge in [0.15, 0.2) is 10.1 Å². The number of esters is 1. The highest BCUT2D eigenvalue weighted by Gasteiger charge is 2.66. The predicted octanol–water partition coefficient (Wildman–Crippen LogP) is 1.83. The van der Waals surface area contributed by atoms with Crippen molar-refractivity contribution in [2.75, 3.05) is 13.2 Å². The number of carbonyl (C=O) groups is 2. The molecule has 28 heavy (non-hydrogen) atoms. The van der Waals surface area contributed by atoms with Crippen LogP contribution >= 0.6 is 0 Å². The van der Waals surface area contributed by atoms with E-state index in [9.17, 15) is 44.5 Å². The standard InChI is InChI=1S/C14H20F5NO7S/c1-4-5-7-20-11(22)13(14(17,18)19,27-10(21)9(2)3)26-8-6-12(15,16)28(23,24)25/h2,4-8H2,1,3H3,(H,20,22)(H,23,24,25)/p-1. The van der Waals surface area contributed by atoms with Gasteiger partial charge in [-0.3, -0.25) is 4.79 Å². The Morgan fingerprint density at radius 1 is 1.18 bits per heavy atom. The molecule has 0 aliphatic rings. The normalized spacial score (nSPS) is 14.9. The zero-order chi connectivity index (χ0) is 22.4. The van der Waals surface area contributed by atoms with Gasteiger partial charge in [-0.05, 0) is 13.3 Å². The fourth-order valence-corrected chi connectivity index (χ4v) is 1.89. The van der Waals surface area contributed by atoms with Crippen molar-refractivity contribution in [2.45, 2.75) is 50.3 Å². The molecule has 0 fully saturated rings. The SMILES string of the molecule is C=C(C)C(=O)OC(OCCC(F)(F)S(=O)(=O)[O-])(C(=O)NCCCC)C(F)(F)F. The first-order valence-electron chi connectivity index (χ1n) is 7.73. The first-order chi connectivity index (χ1) is 12.5. The smallest absolute Gasteiger partial charge is 0.466 e. The van der Waals surface area contributed by atoms with Crippen LogP contribution in [0, 0.1) is 0 Å². The van der Waals surface area contributed by atoms with Crippen molar-refractivity contribution in [1.29, 1.82) is 0 Å². The average Bonchev–Trinajstić information content (AvgIpc) is 2.51. The summed E-state index contributed by atoms with van der Waals surface area (Å²) in [5.74, 6) is -8.08. The first-order valence-corrected chi connectivity index (χ1v) is 9.13. The molecule has 0 rings (SSSR count). The monoisotopic (exact) mass is 440 g/mol. The van der Waals surface area contributed by atoms with Crippen LogP contribution in [0.2, 0.25) is 0 Å². The molecule has 14 heteroatoms. The summed E-state index contributed by atoms with van der Waals surface area (Å²) >= 11 is 0. The van der Waals surface area contributed by atoms with Crippen LogP contribution in [-0.2, 0) is 29.2 Å². The average molecular weight is 440 g/mol. The minimum absolute atomic E-state index is 0.237. The Morgan fingerprint density at radius 3 is 2.11 bits per heavy atom. The summed E-state index contributed by atoms with van der Waals surface area (Å²) in [6.07, 6.45) is -7.04. The zero-order valence-corrected chi connectivity index (χ0v) is 15.7. The predicted molar refractivity (Wildman–Crippen MR) is 82.8 cm³/mol. The number of hydrogen-bond donors (Lipinski definition) is 1. The van der Waals surface area contributed by atoms with Crippen molar-refractivity contribution in [1.82, 2.24) is 5.32 Å². The molecule has 0 aromatic carbocycles. The summed E-state index contributed by atoms with van der Waals surface area (Å²) in [7, 11) is -6.20. The lowest BCUT2D eigenvalue weighted by Gasteiger charge is -2.33. The molecular weight excluding hydrogens is 421 g/mol. The van der Waals surface area contributed by atoms with Gasteiger partial charge in [-0.25, -0.2) is 13.2 Å². The summed E-state index contributed by atoms with van der Waals surface area (Å²) < 4.78 is 106. The number of alkyl halides is 5. The number of unbranched alkanes of at least 4 members (excludes halogenated alkanes) is 1. The maximum atomic E-state index is 13.6. The number of rotatable bonds is 11. The number of ether oxygens (including phenoxy) is 2. The van der Waals surface area contributed by atoms with Gasteiger partial charge in [0.1, 0.15) is 0 Å². The van der Waals surface area contributed by atoms with Gasteiger partial charge in [0.25, 0.3) is 0 Å². The summed E-state index contributed by atoms with van der Waals surface area (Å²) in [5.41, 5.74) is -0.564. The van der Waals surface area contributed by atoms with Gasteiger partial charge in [0, 0.05) is 18.5 Å². The van der Waals surface area contributed by atoms with Gasteiger partial charge in [-0.1, -0.05) is 19.9 Å². The molecule has 0 aliphatic carbocycles. The Labute approximate surface area is 157 Å². The summed E-state index contributed by atoms with van der Waals surface area (Å²) in [4.78, 5) is 23.6. The molecule has 0 heterocycles. The van der Waals surface area contributed by atoms with Crippen LogP contribution in [0.3, 0.4) is 0 Å². The van der Waals surface area contributed by atoms with Crippen LogP contribution in [0.15, 0.2) is 12.2 Å². The van der Waals surface area contributed by atoms with Crippen LogP contribution in [0.25, 0.3) is 0 Å². The van der Waals surface area contributed by atoms with E-state index in [2.05, 4.69) is 16.1 Å². The molecule has 8 nitrogen and oxygen atoms in total. The Hall–Kier alpha value is -1.80. The van der Waals surface area contributed by atoms with Gasteiger partial charge in [-0.15, -0.1) is 0 Å². The maximum absolute atomic E-state index is 13.6. The van der Waals surface area contributed by atoms with Crippen molar-refractivity contribution >= 4 is 22.0 Å². The fourth-order valence-electron chi connectivity index (χ4n) is 1.56. The summed E-state index contributed by atoms with van der Waals surface area (Å²) in [6, 6.07) is 0. The van der Waals surface area contributed by atoms with Gasteiger partial charge in [-0.2, -0.15) is 22.0 Å². The van der Waals surface area contributed by atoms with Gasteiger partial charge >= 0.3 is 29.1 Å². The molecule has 0 aromatic rings. The Bertz CT molecular complexity index is 693. The molecule has 1 N–H and O–H groups in total. The largest absolute Gasteiger partial charge is 0.743 e. The lowest BCUT2D eigenvalue weighted by Crippen LogP contribution is -2.62. The molecule has 1 unspecified atom stereocenters. The molecule has 1 amide bonds. The highest BCUT2D eigenvalue weighted by molar-refractivity contribution is 7.86. The minimum Gasteiger partial charge on any atom is -0.743 e. The third-order valence-corrected chi connectivity index (χ3v) is 4.07. The van der Waals surface area contributed by atoms with Crippen molar-refractivity contribution < 1.29 is 54.0 Å². The molecule has 0 radical (unpaired) electrons. The third kappa shape index (κ3) is 6.67. The van der Waals surface area contributed by atoms with E-state index in [1.165, 1.54) is 0 Å². The van der Waals surface area contributed by atoms with Crippen molar-refractivity contribution in [2.24, 2.45) is 0 Å². The van der Waals surface area contributed by atoms with E-state index in [0.29, 0.717) is 6.42 Å². The highest BCUT2D eigenvalue weighted by atomic mass is 32.2. The van der Waals surface area contributed by atoms with Crippen molar-refractivity contribution in [3.63, 3.8) is 0 Å². The number of amides is 1. The van der Waals surface area contributed by atoms with Crippen LogP contribution in [0.4, 0.5) is 22.0 Å². The van der Waals surface area contributed by atoms with E-state index < -0.39 is 57.8 Å². The maximum Gasteiger partial charge on any atom is 0.466 e. The van der Waals surface area contributed by atoms with Gasteiger partial charge < -0.3 is 19.3 Å². The van der Waals surface area contributed by atoms with E-state index in [4.69, 9.17) is 0 Å². The van der Waals surface area contributed by atoms with Crippen LogP contribution < -0.4 is 5.32 Å². The lowest BCUT2D eigenvalue weighted by molar-refractivity contribution is -0.348. The second-order valence-electron chi connectivity index (χ2n) is 5.58. The minimum atomic E-state index is -6.20. The second kappa shape index (κ2) is 9.60. The fraction of sp³-hybridized carbons (Fsp3) is 0.714. The Morgan fingerprint density at radius 2 is 1.71 bits per heavy atom. The first kappa shape index (κ1) is 26.2. The molecule has 0 spiro atoms. The molecule has 1 atom stereocenters. The molecule has 164 valence electrons.